The topological polar surface area (TPSA) is 90.6 Å². The fraction of sp³-hybridized carbons (Fsp3) is 0.0952. The number of hydrogen-bond acceptors (Lipinski definition) is 7. The third kappa shape index (κ3) is 3.43. The zero-order chi connectivity index (χ0) is 19.6. The van der Waals surface area contributed by atoms with Crippen molar-refractivity contribution in [1.29, 1.82) is 0 Å². The van der Waals surface area contributed by atoms with E-state index in [1.165, 1.54) is 0 Å². The van der Waals surface area contributed by atoms with Crippen molar-refractivity contribution in [2.45, 2.75) is 6.54 Å². The number of aromatic nitrogens is 6. The fourth-order valence-electron chi connectivity index (χ4n) is 3.16. The second kappa shape index (κ2) is 7.16. The minimum absolute atomic E-state index is 0.565. The van der Waals surface area contributed by atoms with Crippen molar-refractivity contribution in [3.05, 3.63) is 72.6 Å². The fourth-order valence-corrected chi connectivity index (χ4v) is 3.16. The second-order valence-corrected chi connectivity index (χ2v) is 6.52. The van der Waals surface area contributed by atoms with Crippen LogP contribution in [0.3, 0.4) is 0 Å². The number of ether oxygens (including phenoxy) is 1. The van der Waals surface area contributed by atoms with Gasteiger partial charge in [-0.3, -0.25) is 4.98 Å². The predicted octanol–water partition coefficient (Wildman–Crippen LogP) is 3.57. The van der Waals surface area contributed by atoms with E-state index in [0.29, 0.717) is 23.8 Å². The molecular formula is C21H17N7O. The van der Waals surface area contributed by atoms with Gasteiger partial charge >= 0.3 is 0 Å². The third-order valence-corrected chi connectivity index (χ3v) is 4.58. The van der Waals surface area contributed by atoms with Crippen LogP contribution in [0.15, 0.2) is 67.0 Å². The molecule has 8 nitrogen and oxygen atoms in total. The van der Waals surface area contributed by atoms with E-state index in [0.717, 1.165) is 27.7 Å². The lowest BCUT2D eigenvalue weighted by molar-refractivity contribution is 0.414. The van der Waals surface area contributed by atoms with E-state index in [1.54, 1.807) is 30.3 Å². The van der Waals surface area contributed by atoms with Gasteiger partial charge in [0.25, 0.3) is 0 Å². The van der Waals surface area contributed by atoms with Crippen LogP contribution < -0.4 is 10.1 Å². The van der Waals surface area contributed by atoms with Crippen molar-refractivity contribution < 1.29 is 4.74 Å². The lowest BCUT2D eigenvalue weighted by atomic mass is 10.1. The summed E-state index contributed by atoms with van der Waals surface area (Å²) in [7, 11) is 1.62. The van der Waals surface area contributed by atoms with Gasteiger partial charge in [-0.05, 0) is 42.0 Å². The summed E-state index contributed by atoms with van der Waals surface area (Å²) in [5.74, 6) is 2.03. The summed E-state index contributed by atoms with van der Waals surface area (Å²) in [5.41, 5.74) is 3.50. The van der Waals surface area contributed by atoms with Gasteiger partial charge < -0.3 is 10.1 Å². The molecule has 0 bridgehead atoms. The van der Waals surface area contributed by atoms with E-state index in [-0.39, 0.29) is 0 Å². The molecule has 0 aliphatic heterocycles. The highest BCUT2D eigenvalue weighted by molar-refractivity contribution is 5.79. The van der Waals surface area contributed by atoms with Crippen LogP contribution in [0.1, 0.15) is 5.56 Å². The van der Waals surface area contributed by atoms with E-state index in [2.05, 4.69) is 36.6 Å². The molecule has 1 N–H and O–H groups in total. The van der Waals surface area contributed by atoms with E-state index in [1.807, 2.05) is 42.5 Å². The van der Waals surface area contributed by atoms with Crippen molar-refractivity contribution >= 4 is 33.7 Å². The van der Waals surface area contributed by atoms with Gasteiger partial charge in [0.2, 0.25) is 0 Å². The number of nitrogens with one attached hydrogen (secondary N) is 1. The highest BCUT2D eigenvalue weighted by Crippen LogP contribution is 2.20. The first-order valence-electron chi connectivity index (χ1n) is 9.09. The first-order valence-corrected chi connectivity index (χ1v) is 9.09. The first-order chi connectivity index (χ1) is 14.3. The van der Waals surface area contributed by atoms with Gasteiger partial charge in [0.15, 0.2) is 5.65 Å². The summed E-state index contributed by atoms with van der Waals surface area (Å²) >= 11 is 0. The van der Waals surface area contributed by atoms with Gasteiger partial charge in [-0.1, -0.05) is 17.3 Å². The van der Waals surface area contributed by atoms with Gasteiger partial charge in [-0.15, -0.1) is 5.10 Å². The molecule has 29 heavy (non-hydrogen) atoms. The average Bonchev–Trinajstić information content (AvgIpc) is 3.16. The van der Waals surface area contributed by atoms with Gasteiger partial charge in [-0.25, -0.2) is 14.6 Å². The first kappa shape index (κ1) is 17.1. The number of rotatable bonds is 5. The molecule has 4 aromatic heterocycles. The lowest BCUT2D eigenvalue weighted by Gasteiger charge is -2.07. The van der Waals surface area contributed by atoms with Gasteiger partial charge in [-0.2, -0.15) is 0 Å². The third-order valence-electron chi connectivity index (χ3n) is 4.58. The molecule has 1 aromatic carbocycles. The van der Waals surface area contributed by atoms with Crippen molar-refractivity contribution in [2.24, 2.45) is 0 Å². The standard InChI is InChI=1S/C21H17N7O/c1-29-16-8-10-23-20(12-16)24-19-7-6-18-21(25-19)28(27-26-18)13-14-4-5-17-15(11-14)3-2-9-22-17/h2-12H,13H2,1H3,(H,23,24,25). The number of pyridine rings is 3. The zero-order valence-corrected chi connectivity index (χ0v) is 15.6. The van der Waals surface area contributed by atoms with Crippen LogP contribution in [0, 0.1) is 0 Å². The summed E-state index contributed by atoms with van der Waals surface area (Å²) in [6, 6.07) is 17.5. The number of fused-ring (bicyclic) bond motifs is 2. The minimum Gasteiger partial charge on any atom is -0.497 e. The number of nitrogens with zero attached hydrogens (tertiary/aromatic N) is 6. The molecule has 8 heteroatoms. The molecule has 0 amide bonds. The Balaban J connectivity index is 1.45. The van der Waals surface area contributed by atoms with Crippen LogP contribution in [0.5, 0.6) is 5.75 Å². The summed E-state index contributed by atoms with van der Waals surface area (Å²) in [6.07, 6.45) is 3.47. The van der Waals surface area contributed by atoms with Crippen LogP contribution in [0.25, 0.3) is 22.1 Å². The van der Waals surface area contributed by atoms with E-state index in [9.17, 15) is 0 Å². The molecule has 0 fully saturated rings. The minimum atomic E-state index is 0.565. The van der Waals surface area contributed by atoms with Crippen molar-refractivity contribution in [1.82, 2.24) is 29.9 Å². The smallest absolute Gasteiger partial charge is 0.180 e. The van der Waals surface area contributed by atoms with Crippen molar-refractivity contribution in [2.75, 3.05) is 12.4 Å². The lowest BCUT2D eigenvalue weighted by Crippen LogP contribution is -2.04. The molecule has 0 spiro atoms. The summed E-state index contributed by atoms with van der Waals surface area (Å²) in [4.78, 5) is 13.3. The number of hydrogen-bond donors (Lipinski definition) is 1. The molecule has 4 heterocycles. The Morgan fingerprint density at radius 2 is 1.86 bits per heavy atom. The van der Waals surface area contributed by atoms with Crippen LogP contribution in [-0.4, -0.2) is 37.1 Å². The maximum atomic E-state index is 5.24. The van der Waals surface area contributed by atoms with E-state index in [4.69, 9.17) is 4.74 Å². The summed E-state index contributed by atoms with van der Waals surface area (Å²) < 4.78 is 7.03. The van der Waals surface area contributed by atoms with Gasteiger partial charge in [0.05, 0.1) is 19.2 Å². The maximum Gasteiger partial charge on any atom is 0.180 e. The molecule has 0 aliphatic rings. The average molecular weight is 383 g/mol. The van der Waals surface area contributed by atoms with Crippen LogP contribution in [-0.2, 0) is 6.54 Å². The molecule has 0 atom stereocenters. The normalized spacial score (nSPS) is 11.1. The molecule has 0 unspecified atom stereocenters. The molecule has 0 aliphatic carbocycles. The molecule has 0 saturated carbocycles. The Hall–Kier alpha value is -4.07. The number of anilines is 2. The molecule has 5 aromatic rings. The van der Waals surface area contributed by atoms with Gasteiger partial charge in [0.1, 0.15) is 22.9 Å². The highest BCUT2D eigenvalue weighted by Gasteiger charge is 2.09. The Morgan fingerprint density at radius 1 is 0.931 bits per heavy atom. The Kier molecular flexibility index (Phi) is 4.21. The predicted molar refractivity (Wildman–Crippen MR) is 110 cm³/mol. The summed E-state index contributed by atoms with van der Waals surface area (Å²) in [6.45, 7) is 0.565. The largest absolute Gasteiger partial charge is 0.497 e. The Morgan fingerprint density at radius 3 is 2.79 bits per heavy atom. The monoisotopic (exact) mass is 383 g/mol. The van der Waals surface area contributed by atoms with Crippen molar-refractivity contribution in [3.8, 4) is 5.75 Å². The maximum absolute atomic E-state index is 5.24. The van der Waals surface area contributed by atoms with Crippen LogP contribution in [0.4, 0.5) is 11.6 Å². The molecular weight excluding hydrogens is 366 g/mol. The van der Waals surface area contributed by atoms with E-state index >= 15 is 0 Å². The highest BCUT2D eigenvalue weighted by atomic mass is 16.5. The molecule has 5 rings (SSSR count). The van der Waals surface area contributed by atoms with Crippen LogP contribution in [0.2, 0.25) is 0 Å². The number of methoxy groups -OCH3 is 1. The van der Waals surface area contributed by atoms with E-state index < -0.39 is 0 Å². The summed E-state index contributed by atoms with van der Waals surface area (Å²) in [5, 5.41) is 12.8. The molecule has 0 saturated heterocycles. The molecule has 0 radical (unpaired) electrons. The SMILES string of the molecule is COc1ccnc(Nc2ccc3nnn(Cc4ccc5ncccc5c4)c3n2)c1. The van der Waals surface area contributed by atoms with Gasteiger partial charge in [0, 0.05) is 23.8 Å². The number of benzene rings is 1. The second-order valence-electron chi connectivity index (χ2n) is 6.52. The quantitative estimate of drug-likeness (QED) is 0.496. The zero-order valence-electron chi connectivity index (χ0n) is 15.6. The Labute approximate surface area is 166 Å². The van der Waals surface area contributed by atoms with Crippen LogP contribution >= 0.6 is 0 Å². The molecule has 142 valence electrons. The Bertz CT molecular complexity index is 1310. The van der Waals surface area contributed by atoms with Crippen molar-refractivity contribution in [3.63, 3.8) is 0 Å².